The minimum Gasteiger partial charge on any atom is -0.444 e. The second-order valence-electron chi connectivity index (χ2n) is 12.0. The van der Waals surface area contributed by atoms with Crippen molar-refractivity contribution in [2.75, 3.05) is 25.0 Å². The normalized spacial score (nSPS) is 20.5. The van der Waals surface area contributed by atoms with E-state index in [1.165, 1.54) is 0 Å². The zero-order valence-corrected chi connectivity index (χ0v) is 25.5. The fourth-order valence-corrected chi connectivity index (χ4v) is 5.91. The Morgan fingerprint density at radius 1 is 1.02 bits per heavy atom. The number of nitrogens with zero attached hydrogens (tertiary/aromatic N) is 4. The van der Waals surface area contributed by atoms with Gasteiger partial charge in [-0.2, -0.15) is 26.6 Å². The van der Waals surface area contributed by atoms with Gasteiger partial charge in [-0.1, -0.05) is 6.07 Å². The van der Waals surface area contributed by atoms with Crippen LogP contribution in [0.4, 0.5) is 29.6 Å². The highest BCUT2D eigenvalue weighted by Gasteiger charge is 2.49. The molecule has 1 aromatic carbocycles. The molecule has 1 amide bonds. The number of amides is 1. The summed E-state index contributed by atoms with van der Waals surface area (Å²) in [4.78, 5) is 25.3. The molecule has 2 aromatic rings. The van der Waals surface area contributed by atoms with Crippen LogP contribution in [0.5, 0.6) is 5.88 Å². The molecule has 1 fully saturated rings. The minimum atomic E-state index is -5.95. The van der Waals surface area contributed by atoms with E-state index < -0.39 is 27.1 Å². The number of hydrogen-bond acceptors (Lipinski definition) is 9. The van der Waals surface area contributed by atoms with Gasteiger partial charge < -0.3 is 19.1 Å². The molecule has 0 saturated carbocycles. The third kappa shape index (κ3) is 7.63. The topological polar surface area (TPSA) is 114 Å². The summed E-state index contributed by atoms with van der Waals surface area (Å²) in [7, 11) is -5.95. The summed E-state index contributed by atoms with van der Waals surface area (Å²) < 4.78 is 73.9. The Kier molecular flexibility index (Phi) is 8.98. The second-order valence-corrected chi connectivity index (χ2v) is 13.5. The molecule has 1 saturated heterocycles. The predicted molar refractivity (Wildman–Crippen MR) is 151 cm³/mol. The Hall–Kier alpha value is -3.13. The first kappa shape index (κ1) is 31.8. The van der Waals surface area contributed by atoms with Crippen molar-refractivity contribution in [1.82, 2.24) is 19.8 Å². The molecule has 3 heterocycles. The number of piperidine rings is 1. The summed E-state index contributed by atoms with van der Waals surface area (Å²) in [6, 6.07) is 5.63. The number of aromatic nitrogens is 2. The van der Waals surface area contributed by atoms with Crippen LogP contribution in [-0.4, -0.2) is 77.1 Å². The number of nitrogens with one attached hydrogen (secondary N) is 1. The van der Waals surface area contributed by atoms with E-state index in [-0.39, 0.29) is 36.1 Å². The van der Waals surface area contributed by atoms with Gasteiger partial charge in [-0.05, 0) is 84.1 Å². The van der Waals surface area contributed by atoms with E-state index >= 15 is 0 Å². The maximum absolute atomic E-state index is 13.3. The lowest BCUT2D eigenvalue weighted by Crippen LogP contribution is -2.52. The molecule has 0 aliphatic carbocycles. The van der Waals surface area contributed by atoms with E-state index in [2.05, 4.69) is 24.4 Å². The van der Waals surface area contributed by atoms with Crippen molar-refractivity contribution in [3.63, 3.8) is 0 Å². The number of ether oxygens (including phenoxy) is 1. The number of aryl methyl sites for hydroxylation is 2. The highest BCUT2D eigenvalue weighted by atomic mass is 32.2. The molecular formula is C28H38F3N5O5S. The van der Waals surface area contributed by atoms with E-state index in [1.54, 1.807) is 4.90 Å². The molecule has 1 N–H and O–H groups in total. The van der Waals surface area contributed by atoms with Crippen LogP contribution >= 0.6 is 0 Å². The number of likely N-dealkylation sites (tertiary alicyclic amines) is 1. The van der Waals surface area contributed by atoms with Crippen LogP contribution < -0.4 is 9.50 Å². The number of anilines is 2. The first-order chi connectivity index (χ1) is 19.4. The van der Waals surface area contributed by atoms with Crippen LogP contribution in [0.2, 0.25) is 0 Å². The zero-order valence-electron chi connectivity index (χ0n) is 24.7. The van der Waals surface area contributed by atoms with Gasteiger partial charge in [0.25, 0.3) is 0 Å². The number of hydrogen-bond donors (Lipinski definition) is 1. The molecule has 2 aliphatic heterocycles. The van der Waals surface area contributed by atoms with E-state index in [1.807, 2.05) is 59.7 Å². The molecule has 14 heteroatoms. The maximum atomic E-state index is 13.3. The van der Waals surface area contributed by atoms with Crippen LogP contribution in [0.3, 0.4) is 0 Å². The molecule has 2 aliphatic rings. The van der Waals surface area contributed by atoms with Crippen molar-refractivity contribution in [1.29, 1.82) is 0 Å². The molecule has 232 valence electrons. The highest BCUT2D eigenvalue weighted by Crippen LogP contribution is 2.33. The van der Waals surface area contributed by atoms with Crippen molar-refractivity contribution < 1.29 is 35.3 Å². The lowest BCUT2D eigenvalue weighted by Gasteiger charge is -2.42. The SMILES string of the molecule is Cc1cc(C)cc(Nc2nc3c(c(OS(=O)(=O)C(F)(F)F)n2)CCN(C2CCN(C(=O)OC(C)(C)C)[C@@H](C)C2)CC3)c1. The van der Waals surface area contributed by atoms with Crippen molar-refractivity contribution in [3.05, 3.63) is 40.6 Å². The fraction of sp³-hybridized carbons (Fsp3) is 0.607. The van der Waals surface area contributed by atoms with E-state index in [4.69, 9.17) is 4.74 Å². The Morgan fingerprint density at radius 2 is 1.67 bits per heavy atom. The first-order valence-electron chi connectivity index (χ1n) is 13.9. The van der Waals surface area contributed by atoms with Gasteiger partial charge in [0, 0.05) is 49.4 Å². The van der Waals surface area contributed by atoms with E-state index in [9.17, 15) is 26.4 Å². The average Bonchev–Trinajstić information content (AvgIpc) is 3.04. The Morgan fingerprint density at radius 3 is 2.26 bits per heavy atom. The summed E-state index contributed by atoms with van der Waals surface area (Å²) in [6.07, 6.45) is 1.57. The lowest BCUT2D eigenvalue weighted by molar-refractivity contribution is -0.0501. The van der Waals surface area contributed by atoms with Crippen LogP contribution in [0, 0.1) is 13.8 Å². The number of halogens is 3. The number of benzene rings is 1. The third-order valence-electron chi connectivity index (χ3n) is 7.28. The van der Waals surface area contributed by atoms with E-state index in [0.717, 1.165) is 11.1 Å². The van der Waals surface area contributed by atoms with Crippen molar-refractivity contribution in [2.45, 2.75) is 90.4 Å². The van der Waals surface area contributed by atoms with Crippen LogP contribution in [0.25, 0.3) is 0 Å². The molecule has 0 radical (unpaired) electrons. The highest BCUT2D eigenvalue weighted by molar-refractivity contribution is 7.87. The standard InChI is InChI=1S/C28H38F3N5O5S/c1-17-13-18(2)15-20(14-17)32-25-33-23-9-11-35(10-8-22(23)24(34-25)41-42(38,39)28(29,30)31)21-7-12-36(19(3)16-21)26(37)40-27(4,5)6/h13-15,19,21H,7-12,16H2,1-6H3,(H,32,33,34)/t19-,21?/m0/s1. The van der Waals surface area contributed by atoms with Gasteiger partial charge in [0.15, 0.2) is 0 Å². The monoisotopic (exact) mass is 613 g/mol. The number of rotatable bonds is 5. The summed E-state index contributed by atoms with van der Waals surface area (Å²) in [6.45, 7) is 12.7. The van der Waals surface area contributed by atoms with Gasteiger partial charge >= 0.3 is 21.7 Å². The average molecular weight is 614 g/mol. The largest absolute Gasteiger partial charge is 0.534 e. The lowest BCUT2D eigenvalue weighted by atomic mass is 9.97. The summed E-state index contributed by atoms with van der Waals surface area (Å²) >= 11 is 0. The van der Waals surface area contributed by atoms with Gasteiger partial charge in [-0.25, -0.2) is 9.78 Å². The fourth-order valence-electron chi connectivity index (χ4n) is 5.47. The van der Waals surface area contributed by atoms with Crippen molar-refractivity contribution >= 4 is 27.8 Å². The molecule has 0 spiro atoms. The molecule has 0 bridgehead atoms. The molecule has 1 unspecified atom stereocenters. The van der Waals surface area contributed by atoms with Crippen molar-refractivity contribution in [3.8, 4) is 5.88 Å². The smallest absolute Gasteiger partial charge is 0.444 e. The number of fused-ring (bicyclic) bond motifs is 1. The van der Waals surface area contributed by atoms with Crippen LogP contribution in [0.15, 0.2) is 18.2 Å². The third-order valence-corrected chi connectivity index (χ3v) is 8.23. The Balaban J connectivity index is 1.57. The molecular weight excluding hydrogens is 575 g/mol. The van der Waals surface area contributed by atoms with E-state index in [0.29, 0.717) is 50.3 Å². The molecule has 1 aromatic heterocycles. The summed E-state index contributed by atoms with van der Waals surface area (Å²) in [5, 5.41) is 2.99. The van der Waals surface area contributed by atoms with Gasteiger partial charge in [0.2, 0.25) is 11.8 Å². The summed E-state index contributed by atoms with van der Waals surface area (Å²) in [5.41, 5.74) is -3.05. The first-order valence-corrected chi connectivity index (χ1v) is 15.3. The number of carbonyl (C=O) groups excluding carboxylic acids is 1. The van der Waals surface area contributed by atoms with Gasteiger partial charge in [-0.3, -0.25) is 4.90 Å². The number of alkyl halides is 3. The Labute approximate surface area is 244 Å². The molecule has 4 rings (SSSR count). The van der Waals surface area contributed by atoms with Crippen molar-refractivity contribution in [2.24, 2.45) is 0 Å². The minimum absolute atomic E-state index is 0.0566. The summed E-state index contributed by atoms with van der Waals surface area (Å²) in [5.74, 6) is -0.682. The van der Waals surface area contributed by atoms with Gasteiger partial charge in [0.1, 0.15) is 5.60 Å². The van der Waals surface area contributed by atoms with Crippen LogP contribution in [-0.2, 0) is 27.7 Å². The Bertz CT molecular complexity index is 1410. The van der Waals surface area contributed by atoms with Crippen LogP contribution in [0.1, 0.15) is 62.9 Å². The molecule has 10 nitrogen and oxygen atoms in total. The quantitative estimate of drug-likeness (QED) is 0.357. The maximum Gasteiger partial charge on any atom is 0.534 e. The predicted octanol–water partition coefficient (Wildman–Crippen LogP) is 5.25. The van der Waals surface area contributed by atoms with Gasteiger partial charge in [-0.15, -0.1) is 0 Å². The van der Waals surface area contributed by atoms with Gasteiger partial charge in [0.05, 0.1) is 5.69 Å². The molecule has 42 heavy (non-hydrogen) atoms. The zero-order chi connectivity index (χ0) is 31.0. The molecule has 2 atom stereocenters. The second kappa shape index (κ2) is 11.9. The number of carbonyl (C=O) groups is 1.